The number of carbonyl (C=O) groups is 3. The van der Waals surface area contributed by atoms with Crippen LogP contribution in [0.1, 0.15) is 20.3 Å². The van der Waals surface area contributed by atoms with E-state index in [0.29, 0.717) is 19.6 Å². The molecule has 0 heterocycles. The third kappa shape index (κ3) is 6.01. The molecule has 0 spiro atoms. The van der Waals surface area contributed by atoms with E-state index in [2.05, 4.69) is 5.32 Å². The second kappa shape index (κ2) is 8.25. The minimum atomic E-state index is -1.19. The fourth-order valence-electron chi connectivity index (χ4n) is 1.16. The predicted octanol–water partition coefficient (Wildman–Crippen LogP) is 0.612. The summed E-state index contributed by atoms with van der Waals surface area (Å²) < 4.78 is 4.85. The molecule has 19 heavy (non-hydrogen) atoms. The smallest absolute Gasteiger partial charge is 0.331 e. The quantitative estimate of drug-likeness (QED) is 0.545. The molecule has 0 atom stereocenters. The molecule has 0 aromatic rings. The Bertz CT molecular complexity index is 390. The highest BCUT2D eigenvalue weighted by atomic mass is 16.5. The second-order valence-electron chi connectivity index (χ2n) is 4.08. The molecule has 0 saturated heterocycles. The molecule has 0 aromatic carbocycles. The molecule has 0 aromatic heterocycles. The molecule has 0 bridgehead atoms. The first-order valence-electron chi connectivity index (χ1n) is 5.77. The first-order chi connectivity index (χ1) is 8.81. The van der Waals surface area contributed by atoms with E-state index in [9.17, 15) is 14.4 Å². The number of carbonyl (C=O) groups excluding carboxylic acids is 2. The lowest BCUT2D eigenvalue weighted by Gasteiger charge is -2.17. The number of amides is 3. The van der Waals surface area contributed by atoms with Crippen molar-refractivity contribution in [2.24, 2.45) is 0 Å². The molecule has 3 amide bonds. The van der Waals surface area contributed by atoms with Crippen molar-refractivity contribution in [1.82, 2.24) is 10.2 Å². The van der Waals surface area contributed by atoms with Crippen molar-refractivity contribution < 1.29 is 24.2 Å². The van der Waals surface area contributed by atoms with E-state index in [0.717, 1.165) is 0 Å². The number of nitrogens with zero attached hydrogens (tertiary/aromatic N) is 1. The normalized spacial score (nSPS) is 11.6. The van der Waals surface area contributed by atoms with Gasteiger partial charge in [-0.1, -0.05) is 0 Å². The number of imide groups is 1. The zero-order valence-corrected chi connectivity index (χ0v) is 11.6. The molecular formula is C12H20N2O5. The Kier molecular flexibility index (Phi) is 7.43. The zero-order valence-electron chi connectivity index (χ0n) is 11.6. The molecule has 0 saturated carbocycles. The number of hydrogen-bond acceptors (Lipinski definition) is 4. The monoisotopic (exact) mass is 272 g/mol. The number of rotatable bonds is 6. The van der Waals surface area contributed by atoms with E-state index in [-0.39, 0.29) is 11.1 Å². The minimum absolute atomic E-state index is 0.00569. The molecule has 0 fully saturated rings. The summed E-state index contributed by atoms with van der Waals surface area (Å²) >= 11 is 0. The van der Waals surface area contributed by atoms with Crippen molar-refractivity contribution in [1.29, 1.82) is 0 Å². The average Bonchev–Trinajstić information content (AvgIpc) is 2.36. The third-order valence-electron chi connectivity index (χ3n) is 2.63. The predicted molar refractivity (Wildman–Crippen MR) is 68.7 cm³/mol. The number of urea groups is 1. The van der Waals surface area contributed by atoms with Gasteiger partial charge in [-0.3, -0.25) is 10.1 Å². The Morgan fingerprint density at radius 3 is 2.26 bits per heavy atom. The number of ether oxygens (including phenoxy) is 1. The van der Waals surface area contributed by atoms with Gasteiger partial charge in [0.25, 0.3) is 5.91 Å². The summed E-state index contributed by atoms with van der Waals surface area (Å²) in [5, 5.41) is 10.9. The van der Waals surface area contributed by atoms with Crippen LogP contribution in [0.5, 0.6) is 0 Å². The Hall–Kier alpha value is -1.89. The number of hydrogen-bond donors (Lipinski definition) is 2. The average molecular weight is 272 g/mol. The van der Waals surface area contributed by atoms with Gasteiger partial charge in [0.1, 0.15) is 0 Å². The summed E-state index contributed by atoms with van der Waals surface area (Å²) in [4.78, 5) is 35.3. The van der Waals surface area contributed by atoms with Crippen LogP contribution in [0.25, 0.3) is 0 Å². The molecule has 7 nitrogen and oxygen atoms in total. The van der Waals surface area contributed by atoms with E-state index in [1.54, 1.807) is 14.2 Å². The van der Waals surface area contributed by atoms with E-state index >= 15 is 0 Å². The molecule has 0 aliphatic rings. The summed E-state index contributed by atoms with van der Waals surface area (Å²) in [6.45, 7) is 3.62. The van der Waals surface area contributed by atoms with Crippen molar-refractivity contribution in [3.05, 3.63) is 11.1 Å². The van der Waals surface area contributed by atoms with Gasteiger partial charge in [0.2, 0.25) is 0 Å². The van der Waals surface area contributed by atoms with Gasteiger partial charge in [0.05, 0.1) is 0 Å². The summed E-state index contributed by atoms with van der Waals surface area (Å²) in [7, 11) is 3.10. The van der Waals surface area contributed by atoms with Crippen molar-refractivity contribution in [3.8, 4) is 0 Å². The van der Waals surface area contributed by atoms with Crippen LogP contribution in [0.2, 0.25) is 0 Å². The Balaban J connectivity index is 4.45. The summed E-state index contributed by atoms with van der Waals surface area (Å²) in [6, 6.07) is -0.571. The number of methoxy groups -OCH3 is 1. The van der Waals surface area contributed by atoms with Crippen LogP contribution in [0, 0.1) is 0 Å². The van der Waals surface area contributed by atoms with Gasteiger partial charge in [0, 0.05) is 38.5 Å². The topological polar surface area (TPSA) is 95.9 Å². The highest BCUT2D eigenvalue weighted by molar-refractivity contribution is 6.07. The second-order valence-corrected chi connectivity index (χ2v) is 4.08. The molecule has 0 aliphatic carbocycles. The van der Waals surface area contributed by atoms with E-state index in [1.165, 1.54) is 18.7 Å². The molecule has 0 radical (unpaired) electrons. The number of aliphatic carboxylic acids is 1. The van der Waals surface area contributed by atoms with Gasteiger partial charge in [-0.05, 0) is 20.3 Å². The van der Waals surface area contributed by atoms with Crippen LogP contribution >= 0.6 is 0 Å². The fraction of sp³-hybridized carbons (Fsp3) is 0.583. The van der Waals surface area contributed by atoms with E-state index < -0.39 is 17.9 Å². The molecule has 2 N–H and O–H groups in total. The lowest BCUT2D eigenvalue weighted by molar-refractivity contribution is -0.133. The van der Waals surface area contributed by atoms with Crippen LogP contribution < -0.4 is 5.32 Å². The number of carboxylic acids is 1. The molecular weight excluding hydrogens is 252 g/mol. The van der Waals surface area contributed by atoms with Gasteiger partial charge in [0.15, 0.2) is 0 Å². The van der Waals surface area contributed by atoms with Crippen LogP contribution in [0.15, 0.2) is 11.1 Å². The lowest BCUT2D eigenvalue weighted by Crippen LogP contribution is -2.42. The third-order valence-corrected chi connectivity index (χ3v) is 2.63. The van der Waals surface area contributed by atoms with Crippen molar-refractivity contribution in [2.45, 2.75) is 20.3 Å². The molecule has 0 rings (SSSR count). The number of nitrogens with one attached hydrogen (secondary N) is 1. The van der Waals surface area contributed by atoms with Crippen molar-refractivity contribution in [3.63, 3.8) is 0 Å². The van der Waals surface area contributed by atoms with Crippen molar-refractivity contribution >= 4 is 17.9 Å². The van der Waals surface area contributed by atoms with Crippen LogP contribution in [-0.2, 0) is 14.3 Å². The SMILES string of the molecule is COCCCN(C)C(=O)NC(=O)C(C)=C(C)C(=O)O. The molecule has 0 unspecified atom stereocenters. The van der Waals surface area contributed by atoms with Crippen molar-refractivity contribution in [2.75, 3.05) is 27.3 Å². The Morgan fingerprint density at radius 2 is 1.79 bits per heavy atom. The van der Waals surface area contributed by atoms with Crippen LogP contribution in [-0.4, -0.2) is 55.2 Å². The van der Waals surface area contributed by atoms with Gasteiger partial charge < -0.3 is 14.7 Å². The maximum absolute atomic E-state index is 11.6. The minimum Gasteiger partial charge on any atom is -0.478 e. The summed E-state index contributed by atoms with van der Waals surface area (Å²) in [5.74, 6) is -1.89. The highest BCUT2D eigenvalue weighted by Gasteiger charge is 2.17. The molecule has 108 valence electrons. The summed E-state index contributed by atoms with van der Waals surface area (Å²) in [6.07, 6.45) is 0.650. The van der Waals surface area contributed by atoms with Gasteiger partial charge in [-0.25, -0.2) is 9.59 Å². The number of carboxylic acid groups (broad SMARTS) is 1. The van der Waals surface area contributed by atoms with Crippen LogP contribution in [0.3, 0.4) is 0 Å². The van der Waals surface area contributed by atoms with E-state index in [4.69, 9.17) is 9.84 Å². The maximum Gasteiger partial charge on any atom is 0.331 e. The van der Waals surface area contributed by atoms with Gasteiger partial charge in [-0.15, -0.1) is 0 Å². The van der Waals surface area contributed by atoms with Crippen LogP contribution in [0.4, 0.5) is 4.79 Å². The first kappa shape index (κ1) is 17.1. The Morgan fingerprint density at radius 1 is 1.21 bits per heavy atom. The fourth-order valence-corrected chi connectivity index (χ4v) is 1.16. The zero-order chi connectivity index (χ0) is 15.0. The Labute approximate surface area is 112 Å². The first-order valence-corrected chi connectivity index (χ1v) is 5.77. The van der Waals surface area contributed by atoms with Gasteiger partial charge in [-0.2, -0.15) is 0 Å². The summed E-state index contributed by atoms with van der Waals surface area (Å²) in [5.41, 5.74) is -0.0847. The largest absolute Gasteiger partial charge is 0.478 e. The maximum atomic E-state index is 11.6. The van der Waals surface area contributed by atoms with Gasteiger partial charge >= 0.3 is 12.0 Å². The molecule has 0 aliphatic heterocycles. The van der Waals surface area contributed by atoms with E-state index in [1.807, 2.05) is 0 Å². The standard InChI is InChI=1S/C12H20N2O5/c1-8(9(2)11(16)17)10(15)13-12(18)14(3)6-5-7-19-4/h5-7H2,1-4H3,(H,16,17)(H,13,15,18). The highest BCUT2D eigenvalue weighted by Crippen LogP contribution is 2.03. The molecule has 7 heteroatoms. The lowest BCUT2D eigenvalue weighted by atomic mass is 10.1.